The lowest BCUT2D eigenvalue weighted by atomic mass is 10.1. The van der Waals surface area contributed by atoms with Gasteiger partial charge in [-0.05, 0) is 31.0 Å². The van der Waals surface area contributed by atoms with Crippen LogP contribution in [0.25, 0.3) is 0 Å². The molecular formula is C14H18O2. The molecule has 1 rings (SSSR count). The Balaban J connectivity index is 2.67. The van der Waals surface area contributed by atoms with Gasteiger partial charge in [-0.2, -0.15) is 0 Å². The van der Waals surface area contributed by atoms with Gasteiger partial charge in [-0.1, -0.05) is 19.1 Å². The molecule has 0 saturated carbocycles. The molecule has 0 saturated heterocycles. The van der Waals surface area contributed by atoms with Crippen LogP contribution in [-0.2, 0) is 0 Å². The highest BCUT2D eigenvalue weighted by Crippen LogP contribution is 2.21. The van der Waals surface area contributed by atoms with Crippen molar-refractivity contribution in [2.75, 3.05) is 6.61 Å². The maximum absolute atomic E-state index is 9.84. The van der Waals surface area contributed by atoms with Crippen LogP contribution < -0.4 is 4.74 Å². The first-order valence-corrected chi connectivity index (χ1v) is 5.58. The molecule has 0 amide bonds. The lowest BCUT2D eigenvalue weighted by molar-refractivity contribution is 0.183. The standard InChI is InChI=1S/C14H18O2/c1-3-5-9-14(15)12-7-6-8-13(11-12)16-10-4-2/h6-8,11,14-15H,4,9-10H2,1-2H3. The van der Waals surface area contributed by atoms with Crippen LogP contribution in [0.3, 0.4) is 0 Å². The Morgan fingerprint density at radius 1 is 1.44 bits per heavy atom. The van der Waals surface area contributed by atoms with Gasteiger partial charge in [0.1, 0.15) is 5.75 Å². The minimum Gasteiger partial charge on any atom is -0.494 e. The number of hydrogen-bond donors (Lipinski definition) is 1. The number of aliphatic hydroxyl groups is 1. The lowest BCUT2D eigenvalue weighted by Gasteiger charge is -2.10. The van der Waals surface area contributed by atoms with Gasteiger partial charge in [-0.15, -0.1) is 11.8 Å². The van der Waals surface area contributed by atoms with Gasteiger partial charge in [0.25, 0.3) is 0 Å². The molecule has 0 spiro atoms. The van der Waals surface area contributed by atoms with Crippen LogP contribution >= 0.6 is 0 Å². The Bertz CT molecular complexity index is 374. The number of ether oxygens (including phenoxy) is 1. The van der Waals surface area contributed by atoms with Gasteiger partial charge in [0.2, 0.25) is 0 Å². The summed E-state index contributed by atoms with van der Waals surface area (Å²) < 4.78 is 5.50. The minimum absolute atomic E-state index is 0.466. The van der Waals surface area contributed by atoms with E-state index in [0.717, 1.165) is 17.7 Å². The second-order valence-electron chi connectivity index (χ2n) is 3.57. The van der Waals surface area contributed by atoms with Crippen molar-refractivity contribution >= 4 is 0 Å². The summed E-state index contributed by atoms with van der Waals surface area (Å²) in [6, 6.07) is 7.55. The Morgan fingerprint density at radius 2 is 2.25 bits per heavy atom. The van der Waals surface area contributed by atoms with E-state index in [1.165, 1.54) is 0 Å². The largest absolute Gasteiger partial charge is 0.494 e. The van der Waals surface area contributed by atoms with E-state index < -0.39 is 6.10 Å². The summed E-state index contributed by atoms with van der Waals surface area (Å²) in [5.74, 6) is 6.45. The molecular weight excluding hydrogens is 200 g/mol. The topological polar surface area (TPSA) is 29.5 Å². The molecule has 1 N–H and O–H groups in total. The van der Waals surface area contributed by atoms with Crippen LogP contribution in [-0.4, -0.2) is 11.7 Å². The molecule has 2 nitrogen and oxygen atoms in total. The van der Waals surface area contributed by atoms with Gasteiger partial charge in [0, 0.05) is 6.42 Å². The van der Waals surface area contributed by atoms with Crippen LogP contribution in [0.2, 0.25) is 0 Å². The average Bonchev–Trinajstić information content (AvgIpc) is 2.33. The van der Waals surface area contributed by atoms with E-state index in [1.807, 2.05) is 24.3 Å². The molecule has 0 fully saturated rings. The predicted molar refractivity (Wildman–Crippen MR) is 65.3 cm³/mol. The van der Waals surface area contributed by atoms with E-state index >= 15 is 0 Å². The van der Waals surface area contributed by atoms with Gasteiger partial charge < -0.3 is 9.84 Å². The van der Waals surface area contributed by atoms with Crippen molar-refractivity contribution in [2.45, 2.75) is 32.8 Å². The normalized spacial score (nSPS) is 11.4. The van der Waals surface area contributed by atoms with Crippen molar-refractivity contribution in [2.24, 2.45) is 0 Å². The molecule has 1 aromatic rings. The Hall–Kier alpha value is -1.46. The third-order valence-electron chi connectivity index (χ3n) is 2.19. The van der Waals surface area contributed by atoms with Crippen molar-refractivity contribution in [3.63, 3.8) is 0 Å². The fraction of sp³-hybridized carbons (Fsp3) is 0.429. The van der Waals surface area contributed by atoms with Crippen molar-refractivity contribution in [3.8, 4) is 17.6 Å². The van der Waals surface area contributed by atoms with Gasteiger partial charge in [-0.25, -0.2) is 0 Å². The van der Waals surface area contributed by atoms with Crippen molar-refractivity contribution < 1.29 is 9.84 Å². The lowest BCUT2D eigenvalue weighted by Crippen LogP contribution is -1.99. The van der Waals surface area contributed by atoms with E-state index in [9.17, 15) is 5.11 Å². The SMILES string of the molecule is CC#CCC(O)c1cccc(OCCC)c1. The first-order valence-electron chi connectivity index (χ1n) is 5.58. The first-order chi connectivity index (χ1) is 7.77. The Morgan fingerprint density at radius 3 is 2.94 bits per heavy atom. The van der Waals surface area contributed by atoms with Crippen LogP contribution in [0.15, 0.2) is 24.3 Å². The number of benzene rings is 1. The molecule has 0 bridgehead atoms. The molecule has 1 atom stereocenters. The zero-order valence-electron chi connectivity index (χ0n) is 9.86. The molecule has 1 unspecified atom stereocenters. The summed E-state index contributed by atoms with van der Waals surface area (Å²) in [5.41, 5.74) is 0.858. The van der Waals surface area contributed by atoms with E-state index in [0.29, 0.717) is 13.0 Å². The monoisotopic (exact) mass is 218 g/mol. The molecule has 0 aliphatic heterocycles. The van der Waals surface area contributed by atoms with Gasteiger partial charge in [0.15, 0.2) is 0 Å². The van der Waals surface area contributed by atoms with Crippen molar-refractivity contribution in [3.05, 3.63) is 29.8 Å². The molecule has 0 radical (unpaired) electrons. The Kier molecular flexibility index (Phi) is 5.45. The maximum Gasteiger partial charge on any atom is 0.119 e. The molecule has 16 heavy (non-hydrogen) atoms. The predicted octanol–water partition coefficient (Wildman–Crippen LogP) is 2.92. The number of rotatable bonds is 5. The summed E-state index contributed by atoms with van der Waals surface area (Å²) in [6.07, 6.45) is 0.916. The van der Waals surface area contributed by atoms with Gasteiger partial charge in [0.05, 0.1) is 12.7 Å². The fourth-order valence-corrected chi connectivity index (χ4v) is 1.35. The second-order valence-corrected chi connectivity index (χ2v) is 3.57. The van der Waals surface area contributed by atoms with Crippen molar-refractivity contribution in [1.29, 1.82) is 0 Å². The van der Waals surface area contributed by atoms with Crippen LogP contribution in [0.1, 0.15) is 38.4 Å². The van der Waals surface area contributed by atoms with Crippen molar-refractivity contribution in [1.82, 2.24) is 0 Å². The highest BCUT2D eigenvalue weighted by Gasteiger charge is 2.06. The summed E-state index contributed by atoms with van der Waals surface area (Å²) in [6.45, 7) is 4.54. The smallest absolute Gasteiger partial charge is 0.119 e. The average molecular weight is 218 g/mol. The fourth-order valence-electron chi connectivity index (χ4n) is 1.35. The number of hydrogen-bond acceptors (Lipinski definition) is 2. The maximum atomic E-state index is 9.84. The highest BCUT2D eigenvalue weighted by molar-refractivity contribution is 5.30. The summed E-state index contributed by atoms with van der Waals surface area (Å²) in [7, 11) is 0. The molecule has 1 aromatic carbocycles. The third kappa shape index (κ3) is 3.96. The summed E-state index contributed by atoms with van der Waals surface area (Å²) >= 11 is 0. The van der Waals surface area contributed by atoms with E-state index in [-0.39, 0.29) is 0 Å². The molecule has 0 aromatic heterocycles. The van der Waals surface area contributed by atoms with E-state index in [2.05, 4.69) is 18.8 Å². The molecule has 2 heteroatoms. The summed E-state index contributed by atoms with van der Waals surface area (Å²) in [5, 5.41) is 9.84. The minimum atomic E-state index is -0.530. The highest BCUT2D eigenvalue weighted by atomic mass is 16.5. The summed E-state index contributed by atoms with van der Waals surface area (Å²) in [4.78, 5) is 0. The Labute approximate surface area is 97.3 Å². The van der Waals surface area contributed by atoms with Gasteiger partial charge >= 0.3 is 0 Å². The zero-order chi connectivity index (χ0) is 11.8. The van der Waals surface area contributed by atoms with Gasteiger partial charge in [-0.3, -0.25) is 0 Å². The molecule has 86 valence electrons. The van der Waals surface area contributed by atoms with Crippen LogP contribution in [0.5, 0.6) is 5.75 Å². The third-order valence-corrected chi connectivity index (χ3v) is 2.19. The van der Waals surface area contributed by atoms with Crippen LogP contribution in [0.4, 0.5) is 0 Å². The quantitative estimate of drug-likeness (QED) is 0.770. The molecule has 0 aliphatic carbocycles. The van der Waals surface area contributed by atoms with E-state index in [1.54, 1.807) is 6.92 Å². The van der Waals surface area contributed by atoms with E-state index in [4.69, 9.17) is 4.74 Å². The molecule has 0 heterocycles. The molecule has 0 aliphatic rings. The first kappa shape index (κ1) is 12.6. The number of aliphatic hydroxyl groups excluding tert-OH is 1. The second kappa shape index (κ2) is 6.92. The zero-order valence-corrected chi connectivity index (χ0v) is 9.86. The van der Waals surface area contributed by atoms with Crippen LogP contribution in [0, 0.1) is 11.8 Å².